The number of aromatic nitrogens is 2. The van der Waals surface area contributed by atoms with Crippen molar-refractivity contribution in [3.05, 3.63) is 71.8 Å². The maximum atomic E-state index is 11.4. The summed E-state index contributed by atoms with van der Waals surface area (Å²) in [7, 11) is -4.17. The number of benzene rings is 2. The third-order valence-electron chi connectivity index (χ3n) is 4.37. The normalized spacial score (nSPS) is 14.0. The highest BCUT2D eigenvalue weighted by Crippen LogP contribution is 2.51. The fourth-order valence-corrected chi connectivity index (χ4v) is 3.90. The Labute approximate surface area is 167 Å². The molecule has 4 rings (SSSR count). The van der Waals surface area contributed by atoms with Crippen molar-refractivity contribution in [2.75, 3.05) is 10.7 Å². The minimum atomic E-state index is -4.17. The highest BCUT2D eigenvalue weighted by molar-refractivity contribution is 7.85. The molecule has 2 heterocycles. The smallest absolute Gasteiger partial charge is 0.264 e. The molecule has 2 aromatic carbocycles. The van der Waals surface area contributed by atoms with Gasteiger partial charge in [-0.15, -0.1) is 0 Å². The van der Waals surface area contributed by atoms with E-state index in [9.17, 15) is 13.0 Å². The van der Waals surface area contributed by atoms with E-state index in [0.29, 0.717) is 28.0 Å². The molecule has 144 valence electrons. The molecule has 1 N–H and O–H groups in total. The molecule has 0 saturated carbocycles. The Balaban J connectivity index is 1.88. The van der Waals surface area contributed by atoms with E-state index in [-0.39, 0.29) is 6.42 Å². The summed E-state index contributed by atoms with van der Waals surface area (Å²) in [6.45, 7) is 0. The summed E-state index contributed by atoms with van der Waals surface area (Å²) in [4.78, 5) is 10.5. The standard InChI is InChI=1S/C19H16ClN3O4S/c20-13-6-7-18-16(12-13)23(14-4-1-2-5-17(14)27-18)15(8-11-28(24,25)26)19-21-9-3-10-22-19/h1-7,9-10,12,15H,8,11H2,(H,24,25,26). The Morgan fingerprint density at radius 3 is 2.50 bits per heavy atom. The Morgan fingerprint density at radius 2 is 1.75 bits per heavy atom. The molecule has 1 aromatic heterocycles. The van der Waals surface area contributed by atoms with Crippen molar-refractivity contribution in [3.63, 3.8) is 0 Å². The zero-order valence-electron chi connectivity index (χ0n) is 14.6. The van der Waals surface area contributed by atoms with E-state index in [4.69, 9.17) is 16.3 Å². The average molecular weight is 418 g/mol. The molecular weight excluding hydrogens is 402 g/mol. The second kappa shape index (κ2) is 7.38. The van der Waals surface area contributed by atoms with Gasteiger partial charge in [0.1, 0.15) is 0 Å². The topological polar surface area (TPSA) is 92.6 Å². The molecule has 9 heteroatoms. The number of para-hydroxylation sites is 2. The lowest BCUT2D eigenvalue weighted by Crippen LogP contribution is -2.29. The zero-order valence-corrected chi connectivity index (χ0v) is 16.1. The van der Waals surface area contributed by atoms with E-state index in [2.05, 4.69) is 9.97 Å². The first-order chi connectivity index (χ1) is 13.4. The number of hydrogen-bond acceptors (Lipinski definition) is 6. The highest BCUT2D eigenvalue weighted by Gasteiger charge is 2.33. The molecule has 7 nitrogen and oxygen atoms in total. The molecule has 3 aromatic rings. The minimum absolute atomic E-state index is 0.0726. The Hall–Kier alpha value is -2.68. The number of halogens is 1. The summed E-state index contributed by atoms with van der Waals surface area (Å²) in [6.07, 6.45) is 3.26. The quantitative estimate of drug-likeness (QED) is 0.615. The third kappa shape index (κ3) is 3.80. The predicted octanol–water partition coefficient (Wildman–Crippen LogP) is 4.39. The van der Waals surface area contributed by atoms with Crippen LogP contribution < -0.4 is 9.64 Å². The van der Waals surface area contributed by atoms with Gasteiger partial charge in [-0.1, -0.05) is 23.7 Å². The molecule has 0 saturated heterocycles. The molecular formula is C19H16ClN3O4S. The third-order valence-corrected chi connectivity index (χ3v) is 5.36. The first-order valence-corrected chi connectivity index (χ1v) is 10.5. The summed E-state index contributed by atoms with van der Waals surface area (Å²) < 4.78 is 38.2. The van der Waals surface area contributed by atoms with Crippen LogP contribution in [0.15, 0.2) is 60.9 Å². The Morgan fingerprint density at radius 1 is 1.04 bits per heavy atom. The largest absolute Gasteiger partial charge is 0.453 e. The number of fused-ring (bicyclic) bond motifs is 2. The average Bonchev–Trinajstić information content (AvgIpc) is 2.67. The summed E-state index contributed by atoms with van der Waals surface area (Å²) in [5.41, 5.74) is 1.39. The van der Waals surface area contributed by atoms with Crippen LogP contribution in [0.3, 0.4) is 0 Å². The molecule has 1 atom stereocenters. The van der Waals surface area contributed by atoms with Crippen LogP contribution in [0.2, 0.25) is 5.02 Å². The van der Waals surface area contributed by atoms with Crippen LogP contribution in [0.25, 0.3) is 0 Å². The molecule has 0 fully saturated rings. The lowest BCUT2D eigenvalue weighted by molar-refractivity contribution is 0.458. The van der Waals surface area contributed by atoms with Crippen LogP contribution in [0.5, 0.6) is 11.5 Å². The van der Waals surface area contributed by atoms with E-state index >= 15 is 0 Å². The first kappa shape index (κ1) is 18.7. The molecule has 1 aliphatic rings. The van der Waals surface area contributed by atoms with Gasteiger partial charge in [0.15, 0.2) is 17.3 Å². The van der Waals surface area contributed by atoms with Crippen molar-refractivity contribution >= 4 is 33.1 Å². The number of hydrogen-bond donors (Lipinski definition) is 1. The summed E-state index contributed by atoms with van der Waals surface area (Å²) >= 11 is 6.22. The van der Waals surface area contributed by atoms with Gasteiger partial charge in [-0.05, 0) is 42.8 Å². The summed E-state index contributed by atoms with van der Waals surface area (Å²) in [6, 6.07) is 13.7. The number of ether oxygens (including phenoxy) is 1. The molecule has 0 aliphatic carbocycles. The van der Waals surface area contributed by atoms with Crippen LogP contribution in [0.1, 0.15) is 18.3 Å². The summed E-state index contributed by atoms with van der Waals surface area (Å²) in [5.74, 6) is 1.18. The van der Waals surface area contributed by atoms with Gasteiger partial charge in [0, 0.05) is 17.4 Å². The van der Waals surface area contributed by atoms with Crippen LogP contribution in [-0.2, 0) is 10.1 Å². The molecule has 28 heavy (non-hydrogen) atoms. The van der Waals surface area contributed by atoms with E-state index in [0.717, 1.165) is 5.69 Å². The van der Waals surface area contributed by atoms with E-state index < -0.39 is 21.9 Å². The lowest BCUT2D eigenvalue weighted by atomic mass is 10.1. The number of rotatable bonds is 5. The molecule has 0 bridgehead atoms. The molecule has 1 aliphatic heterocycles. The van der Waals surface area contributed by atoms with E-state index in [1.165, 1.54) is 0 Å². The van der Waals surface area contributed by atoms with Crippen molar-refractivity contribution in [2.45, 2.75) is 12.5 Å². The fraction of sp³-hybridized carbons (Fsp3) is 0.158. The maximum absolute atomic E-state index is 11.4. The summed E-state index contributed by atoms with van der Waals surface area (Å²) in [5, 5.41) is 0.509. The second-order valence-corrected chi connectivity index (χ2v) is 8.26. The van der Waals surface area contributed by atoms with Crippen molar-refractivity contribution < 1.29 is 17.7 Å². The van der Waals surface area contributed by atoms with E-state index in [1.807, 2.05) is 29.2 Å². The van der Waals surface area contributed by atoms with Gasteiger partial charge in [0.25, 0.3) is 10.1 Å². The molecule has 1 unspecified atom stereocenters. The van der Waals surface area contributed by atoms with Gasteiger partial charge in [0.05, 0.1) is 23.2 Å². The lowest BCUT2D eigenvalue weighted by Gasteiger charge is -2.37. The van der Waals surface area contributed by atoms with Gasteiger partial charge >= 0.3 is 0 Å². The van der Waals surface area contributed by atoms with Crippen LogP contribution in [0, 0.1) is 0 Å². The molecule has 0 radical (unpaired) electrons. The Kier molecular flexibility index (Phi) is 4.92. The van der Waals surface area contributed by atoms with Crippen LogP contribution >= 0.6 is 11.6 Å². The maximum Gasteiger partial charge on any atom is 0.264 e. The van der Waals surface area contributed by atoms with Gasteiger partial charge in [0.2, 0.25) is 0 Å². The van der Waals surface area contributed by atoms with Crippen molar-refractivity contribution in [3.8, 4) is 11.5 Å². The molecule has 0 spiro atoms. The highest BCUT2D eigenvalue weighted by atomic mass is 35.5. The zero-order chi connectivity index (χ0) is 19.7. The Bertz CT molecular complexity index is 1110. The minimum Gasteiger partial charge on any atom is -0.453 e. The number of nitrogens with zero attached hydrogens (tertiary/aromatic N) is 3. The monoisotopic (exact) mass is 417 g/mol. The second-order valence-electron chi connectivity index (χ2n) is 6.25. The van der Waals surface area contributed by atoms with Gasteiger partial charge in [-0.2, -0.15) is 8.42 Å². The van der Waals surface area contributed by atoms with Crippen LogP contribution in [-0.4, -0.2) is 28.7 Å². The van der Waals surface area contributed by atoms with Gasteiger partial charge in [-0.3, -0.25) is 4.55 Å². The van der Waals surface area contributed by atoms with Gasteiger partial charge < -0.3 is 9.64 Å². The first-order valence-electron chi connectivity index (χ1n) is 8.50. The molecule has 0 amide bonds. The van der Waals surface area contributed by atoms with Crippen molar-refractivity contribution in [1.29, 1.82) is 0 Å². The van der Waals surface area contributed by atoms with Crippen molar-refractivity contribution in [2.24, 2.45) is 0 Å². The van der Waals surface area contributed by atoms with Gasteiger partial charge in [-0.25, -0.2) is 9.97 Å². The fourth-order valence-electron chi connectivity index (χ4n) is 3.21. The van der Waals surface area contributed by atoms with E-state index in [1.54, 1.807) is 36.7 Å². The number of anilines is 2. The van der Waals surface area contributed by atoms with Crippen molar-refractivity contribution in [1.82, 2.24) is 9.97 Å². The predicted molar refractivity (Wildman–Crippen MR) is 106 cm³/mol. The SMILES string of the molecule is O=S(=O)(O)CCC(c1ncccn1)N1c2ccccc2Oc2ccc(Cl)cc21. The van der Waals surface area contributed by atoms with Crippen LogP contribution in [0.4, 0.5) is 11.4 Å².